The minimum atomic E-state index is -0.0264. The molecule has 0 spiro atoms. The molecular weight excluding hydrogens is 290 g/mol. The fourth-order valence-electron chi connectivity index (χ4n) is 2.31. The Morgan fingerprint density at radius 3 is 2.96 bits per heavy atom. The molecule has 2 aromatic rings. The zero-order chi connectivity index (χ0) is 16.4. The molecule has 23 heavy (non-hydrogen) atoms. The van der Waals surface area contributed by atoms with Crippen LogP contribution in [0.4, 0.5) is 11.8 Å². The lowest BCUT2D eigenvalue weighted by atomic mass is 9.92. The van der Waals surface area contributed by atoms with Crippen LogP contribution in [0, 0.1) is 5.41 Å². The smallest absolute Gasteiger partial charge is 0.238 e. The number of hydrogen-bond donors (Lipinski definition) is 3. The molecule has 0 radical (unpaired) electrons. The highest BCUT2D eigenvalue weighted by Gasteiger charge is 2.15. The van der Waals surface area contributed by atoms with E-state index in [4.69, 9.17) is 0 Å². The SMILES string of the molecule is CC(C)(C)CCNc1nc(O)c(C=C2C=Nc3ncccc32)[nH]1. The number of nitrogens with one attached hydrogen (secondary N) is 2. The summed E-state index contributed by atoms with van der Waals surface area (Å²) in [5.41, 5.74) is 2.65. The molecule has 6 nitrogen and oxygen atoms in total. The first-order valence-corrected chi connectivity index (χ1v) is 7.66. The summed E-state index contributed by atoms with van der Waals surface area (Å²) in [6, 6.07) is 3.82. The fourth-order valence-corrected chi connectivity index (χ4v) is 2.31. The van der Waals surface area contributed by atoms with E-state index in [1.54, 1.807) is 12.4 Å². The predicted molar refractivity (Wildman–Crippen MR) is 93.1 cm³/mol. The molecule has 0 aromatic carbocycles. The van der Waals surface area contributed by atoms with Gasteiger partial charge in [0.2, 0.25) is 11.8 Å². The van der Waals surface area contributed by atoms with Gasteiger partial charge in [-0.3, -0.25) is 0 Å². The van der Waals surface area contributed by atoms with Crippen LogP contribution in [0.25, 0.3) is 11.6 Å². The Morgan fingerprint density at radius 2 is 2.17 bits per heavy atom. The minimum Gasteiger partial charge on any atom is -0.492 e. The summed E-state index contributed by atoms with van der Waals surface area (Å²) in [5, 5.41) is 13.2. The van der Waals surface area contributed by atoms with Crippen molar-refractivity contribution in [3.05, 3.63) is 29.6 Å². The van der Waals surface area contributed by atoms with Crippen LogP contribution in [0.2, 0.25) is 0 Å². The van der Waals surface area contributed by atoms with E-state index in [-0.39, 0.29) is 11.3 Å². The molecule has 1 aliphatic rings. The quantitative estimate of drug-likeness (QED) is 0.805. The van der Waals surface area contributed by atoms with Crippen molar-refractivity contribution in [3.63, 3.8) is 0 Å². The van der Waals surface area contributed by atoms with Gasteiger partial charge in [-0.15, -0.1) is 0 Å². The van der Waals surface area contributed by atoms with Crippen molar-refractivity contribution in [2.75, 3.05) is 11.9 Å². The monoisotopic (exact) mass is 311 g/mol. The maximum absolute atomic E-state index is 10.0. The molecule has 3 heterocycles. The average Bonchev–Trinajstić information content (AvgIpc) is 3.03. The number of aromatic hydroxyl groups is 1. The highest BCUT2D eigenvalue weighted by Crippen LogP contribution is 2.31. The number of aromatic amines is 1. The van der Waals surface area contributed by atoms with Crippen LogP contribution < -0.4 is 5.32 Å². The first kappa shape index (κ1) is 15.3. The molecule has 0 bridgehead atoms. The number of H-pyrrole nitrogens is 1. The Hall–Kier alpha value is -2.63. The number of aliphatic imine (C=N–C) groups is 1. The van der Waals surface area contributed by atoms with E-state index in [0.717, 1.165) is 24.1 Å². The molecule has 3 N–H and O–H groups in total. The Balaban J connectivity index is 1.75. The summed E-state index contributed by atoms with van der Waals surface area (Å²) in [5.74, 6) is 1.24. The molecule has 3 rings (SSSR count). The maximum atomic E-state index is 10.0. The van der Waals surface area contributed by atoms with Gasteiger partial charge in [0.1, 0.15) is 5.69 Å². The third kappa shape index (κ3) is 3.59. The number of fused-ring (bicyclic) bond motifs is 1. The van der Waals surface area contributed by atoms with Crippen molar-refractivity contribution in [2.45, 2.75) is 27.2 Å². The third-order valence-corrected chi connectivity index (χ3v) is 3.60. The highest BCUT2D eigenvalue weighted by atomic mass is 16.3. The molecular formula is C17H21N5O. The lowest BCUT2D eigenvalue weighted by Crippen LogP contribution is -2.13. The molecule has 1 aliphatic heterocycles. The average molecular weight is 311 g/mol. The number of imidazole rings is 1. The second kappa shape index (κ2) is 5.87. The zero-order valence-electron chi connectivity index (χ0n) is 13.6. The topological polar surface area (TPSA) is 86.2 Å². The van der Waals surface area contributed by atoms with Crippen molar-refractivity contribution in [2.24, 2.45) is 10.4 Å². The number of anilines is 1. The molecule has 0 aliphatic carbocycles. The predicted octanol–water partition coefficient (Wildman–Crippen LogP) is 3.61. The van der Waals surface area contributed by atoms with Crippen LogP contribution in [0.5, 0.6) is 5.88 Å². The molecule has 0 fully saturated rings. The van der Waals surface area contributed by atoms with Gasteiger partial charge >= 0.3 is 0 Å². The highest BCUT2D eigenvalue weighted by molar-refractivity contribution is 6.20. The van der Waals surface area contributed by atoms with Crippen LogP contribution in [0.1, 0.15) is 38.4 Å². The summed E-state index contributed by atoms with van der Waals surface area (Å²) in [6.07, 6.45) is 6.29. The molecule has 120 valence electrons. The number of nitrogens with zero attached hydrogens (tertiary/aromatic N) is 3. The van der Waals surface area contributed by atoms with E-state index in [2.05, 4.69) is 46.0 Å². The van der Waals surface area contributed by atoms with Gasteiger partial charge in [-0.2, -0.15) is 4.98 Å². The van der Waals surface area contributed by atoms with E-state index >= 15 is 0 Å². The van der Waals surface area contributed by atoms with Gasteiger partial charge in [0.15, 0.2) is 5.82 Å². The molecule has 0 amide bonds. The maximum Gasteiger partial charge on any atom is 0.238 e. The minimum absolute atomic E-state index is 0.0264. The molecule has 2 aromatic heterocycles. The largest absolute Gasteiger partial charge is 0.492 e. The second-order valence-electron chi connectivity index (χ2n) is 6.79. The van der Waals surface area contributed by atoms with Crippen molar-refractivity contribution in [3.8, 4) is 5.88 Å². The standard InChI is InChI=1S/C17H21N5O/c1-17(2,3)6-8-19-16-21-13(15(23)22-16)9-11-10-20-14-12(11)5-4-7-18-14/h4-5,7,9-10,23H,6,8H2,1-3H3,(H2,19,21,22). The Bertz CT molecular complexity index is 768. The molecule has 0 saturated heterocycles. The van der Waals surface area contributed by atoms with E-state index in [0.29, 0.717) is 17.5 Å². The number of hydrogen-bond acceptors (Lipinski definition) is 5. The van der Waals surface area contributed by atoms with Crippen molar-refractivity contribution >= 4 is 29.6 Å². The Kier molecular flexibility index (Phi) is 3.90. The van der Waals surface area contributed by atoms with Crippen LogP contribution in [0.15, 0.2) is 23.3 Å². The third-order valence-electron chi connectivity index (χ3n) is 3.60. The molecule has 0 unspecified atom stereocenters. The number of allylic oxidation sites excluding steroid dienone is 1. The number of aromatic nitrogens is 3. The van der Waals surface area contributed by atoms with E-state index in [9.17, 15) is 5.11 Å². The van der Waals surface area contributed by atoms with Crippen LogP contribution in [-0.2, 0) is 0 Å². The zero-order valence-corrected chi connectivity index (χ0v) is 13.6. The number of pyridine rings is 1. The Labute approximate surface area is 135 Å². The van der Waals surface area contributed by atoms with E-state index in [1.165, 1.54) is 0 Å². The molecule has 6 heteroatoms. The molecule has 0 saturated carbocycles. The summed E-state index contributed by atoms with van der Waals surface area (Å²) in [7, 11) is 0. The van der Waals surface area contributed by atoms with Gasteiger partial charge in [-0.05, 0) is 30.0 Å². The van der Waals surface area contributed by atoms with Crippen molar-refractivity contribution in [1.82, 2.24) is 15.0 Å². The van der Waals surface area contributed by atoms with Gasteiger partial charge in [0.05, 0.1) is 0 Å². The van der Waals surface area contributed by atoms with Gasteiger partial charge in [0, 0.05) is 30.1 Å². The van der Waals surface area contributed by atoms with Gasteiger partial charge in [-0.25, -0.2) is 9.98 Å². The van der Waals surface area contributed by atoms with Gasteiger partial charge in [0.25, 0.3) is 0 Å². The number of rotatable bonds is 4. The first-order valence-electron chi connectivity index (χ1n) is 7.66. The first-order chi connectivity index (χ1) is 10.9. The van der Waals surface area contributed by atoms with Crippen LogP contribution in [-0.4, -0.2) is 32.8 Å². The van der Waals surface area contributed by atoms with E-state index in [1.807, 2.05) is 18.2 Å². The lowest BCUT2D eigenvalue weighted by Gasteiger charge is -2.17. The molecule has 0 atom stereocenters. The van der Waals surface area contributed by atoms with Gasteiger partial charge in [-0.1, -0.05) is 20.8 Å². The van der Waals surface area contributed by atoms with Crippen LogP contribution >= 0.6 is 0 Å². The van der Waals surface area contributed by atoms with Crippen molar-refractivity contribution < 1.29 is 5.11 Å². The second-order valence-corrected chi connectivity index (χ2v) is 6.79. The normalized spacial score (nSPS) is 15.2. The van der Waals surface area contributed by atoms with Gasteiger partial charge < -0.3 is 15.4 Å². The van der Waals surface area contributed by atoms with Crippen LogP contribution in [0.3, 0.4) is 0 Å². The summed E-state index contributed by atoms with van der Waals surface area (Å²) >= 11 is 0. The summed E-state index contributed by atoms with van der Waals surface area (Å²) in [6.45, 7) is 7.36. The lowest BCUT2D eigenvalue weighted by molar-refractivity contribution is 0.389. The van der Waals surface area contributed by atoms with E-state index < -0.39 is 0 Å². The van der Waals surface area contributed by atoms with Crippen molar-refractivity contribution in [1.29, 1.82) is 0 Å². The summed E-state index contributed by atoms with van der Waals surface area (Å²) < 4.78 is 0. The fraction of sp³-hybridized carbons (Fsp3) is 0.353. The summed E-state index contributed by atoms with van der Waals surface area (Å²) in [4.78, 5) is 15.7. The Morgan fingerprint density at radius 1 is 1.35 bits per heavy atom.